The molecule has 0 atom stereocenters. The van der Waals surface area contributed by atoms with Crippen molar-refractivity contribution in [3.63, 3.8) is 0 Å². The number of allylic oxidation sites excluding steroid dienone is 2. The number of carbonyl (C=O) groups is 2. The minimum absolute atomic E-state index is 0.126. The van der Waals surface area contributed by atoms with Gasteiger partial charge in [-0.15, -0.1) is 0 Å². The van der Waals surface area contributed by atoms with Crippen molar-refractivity contribution in [2.24, 2.45) is 0 Å². The zero-order valence-corrected chi connectivity index (χ0v) is 10.7. The zero-order chi connectivity index (χ0) is 13.6. The Bertz CT molecular complexity index is 732. The first kappa shape index (κ1) is 11.7. The lowest BCUT2D eigenvalue weighted by Crippen LogP contribution is -2.16. The maximum absolute atomic E-state index is 12.5. The van der Waals surface area contributed by atoms with Gasteiger partial charge in [-0.05, 0) is 26.0 Å². The Labute approximate surface area is 110 Å². The van der Waals surface area contributed by atoms with Crippen LogP contribution in [0.5, 0.6) is 0 Å². The number of rotatable bonds is 1. The number of fused-ring (bicyclic) bond motifs is 1. The summed E-state index contributed by atoms with van der Waals surface area (Å²) in [6.45, 7) is 3.61. The Balaban J connectivity index is 2.18. The highest BCUT2D eigenvalue weighted by Gasteiger charge is 2.27. The van der Waals surface area contributed by atoms with Crippen molar-refractivity contribution in [1.29, 1.82) is 0 Å². The molecule has 1 heterocycles. The van der Waals surface area contributed by atoms with Crippen LogP contribution in [-0.2, 0) is 0 Å². The second-order valence-corrected chi connectivity index (χ2v) is 4.62. The molecular weight excluding hydrogens is 240 g/mol. The van der Waals surface area contributed by atoms with Crippen LogP contribution in [0.1, 0.15) is 37.8 Å². The minimum Gasteiger partial charge on any atom is -0.466 e. The third kappa shape index (κ3) is 1.74. The van der Waals surface area contributed by atoms with E-state index in [9.17, 15) is 9.59 Å². The second kappa shape index (κ2) is 4.05. The Morgan fingerprint density at radius 2 is 1.63 bits per heavy atom. The number of carbonyl (C=O) groups excluding carboxylic acids is 2. The summed E-state index contributed by atoms with van der Waals surface area (Å²) >= 11 is 0. The average Bonchev–Trinajstić information content (AvgIpc) is 2.73. The van der Waals surface area contributed by atoms with Crippen LogP contribution in [0.15, 0.2) is 40.8 Å². The summed E-state index contributed by atoms with van der Waals surface area (Å²) in [5, 5.41) is 0. The number of hydrogen-bond acceptors (Lipinski definition) is 3. The molecule has 0 saturated heterocycles. The molecule has 1 aromatic carbocycles. The number of benzene rings is 1. The summed E-state index contributed by atoms with van der Waals surface area (Å²) in [5.74, 6) is 1.12. The molecule has 0 bridgehead atoms. The topological polar surface area (TPSA) is 47.3 Å². The molecule has 0 N–H and O–H groups in total. The maximum Gasteiger partial charge on any atom is 0.194 e. The van der Waals surface area contributed by atoms with Crippen molar-refractivity contribution in [2.75, 3.05) is 0 Å². The van der Waals surface area contributed by atoms with E-state index in [0.717, 1.165) is 5.76 Å². The van der Waals surface area contributed by atoms with Gasteiger partial charge in [-0.3, -0.25) is 9.59 Å². The molecule has 19 heavy (non-hydrogen) atoms. The quantitative estimate of drug-likeness (QED) is 0.781. The van der Waals surface area contributed by atoms with E-state index < -0.39 is 0 Å². The Kier molecular flexibility index (Phi) is 2.49. The molecule has 94 valence electrons. The molecule has 1 aliphatic rings. The van der Waals surface area contributed by atoms with E-state index in [4.69, 9.17) is 4.42 Å². The molecular formula is C16H12O3. The third-order valence-corrected chi connectivity index (χ3v) is 3.29. The van der Waals surface area contributed by atoms with Gasteiger partial charge in [-0.1, -0.05) is 24.3 Å². The van der Waals surface area contributed by atoms with Crippen LogP contribution in [0.25, 0.3) is 5.57 Å². The monoisotopic (exact) mass is 252 g/mol. The SMILES string of the molecule is Cc1cc(C2=CC(=O)c3ccccc3C2=O)c(C)o1. The molecule has 0 amide bonds. The smallest absolute Gasteiger partial charge is 0.194 e. The van der Waals surface area contributed by atoms with Crippen molar-refractivity contribution < 1.29 is 14.0 Å². The van der Waals surface area contributed by atoms with Gasteiger partial charge in [-0.25, -0.2) is 0 Å². The van der Waals surface area contributed by atoms with Crippen molar-refractivity contribution in [3.8, 4) is 0 Å². The van der Waals surface area contributed by atoms with Gasteiger partial charge in [0.05, 0.1) is 0 Å². The van der Waals surface area contributed by atoms with Gasteiger partial charge in [0, 0.05) is 22.3 Å². The second-order valence-electron chi connectivity index (χ2n) is 4.62. The van der Waals surface area contributed by atoms with E-state index in [1.807, 2.05) is 6.92 Å². The predicted molar refractivity (Wildman–Crippen MR) is 71.3 cm³/mol. The average molecular weight is 252 g/mol. The lowest BCUT2D eigenvalue weighted by Gasteiger charge is -2.14. The molecule has 0 saturated carbocycles. The van der Waals surface area contributed by atoms with Gasteiger partial charge in [0.2, 0.25) is 0 Å². The lowest BCUT2D eigenvalue weighted by molar-refractivity contribution is 0.100. The highest BCUT2D eigenvalue weighted by Crippen LogP contribution is 2.30. The van der Waals surface area contributed by atoms with Gasteiger partial charge in [0.1, 0.15) is 11.5 Å². The molecule has 3 heteroatoms. The summed E-state index contributed by atoms with van der Waals surface area (Å²) < 4.78 is 5.43. The summed E-state index contributed by atoms with van der Waals surface area (Å²) in [4.78, 5) is 24.5. The van der Waals surface area contributed by atoms with Crippen LogP contribution in [0.4, 0.5) is 0 Å². The molecule has 3 rings (SSSR count). The van der Waals surface area contributed by atoms with Crippen LogP contribution in [0, 0.1) is 13.8 Å². The fourth-order valence-electron chi connectivity index (χ4n) is 2.41. The van der Waals surface area contributed by atoms with Crippen molar-refractivity contribution in [3.05, 3.63) is 64.6 Å². The van der Waals surface area contributed by atoms with E-state index in [-0.39, 0.29) is 11.6 Å². The van der Waals surface area contributed by atoms with E-state index in [2.05, 4.69) is 0 Å². The number of Topliss-reactive ketones (excluding diaryl/α,β-unsaturated/α-hetero) is 1. The fraction of sp³-hybridized carbons (Fsp3) is 0.125. The van der Waals surface area contributed by atoms with Crippen molar-refractivity contribution in [1.82, 2.24) is 0 Å². The molecule has 0 fully saturated rings. The number of hydrogen-bond donors (Lipinski definition) is 0. The number of aryl methyl sites for hydroxylation is 2. The Morgan fingerprint density at radius 1 is 0.947 bits per heavy atom. The molecule has 3 nitrogen and oxygen atoms in total. The highest BCUT2D eigenvalue weighted by molar-refractivity contribution is 6.38. The molecule has 0 unspecified atom stereocenters. The minimum atomic E-state index is -0.136. The van der Waals surface area contributed by atoms with Gasteiger partial charge >= 0.3 is 0 Å². The van der Waals surface area contributed by atoms with Crippen LogP contribution in [0.3, 0.4) is 0 Å². The number of furan rings is 1. The molecule has 0 radical (unpaired) electrons. The first-order valence-electron chi connectivity index (χ1n) is 6.05. The van der Waals surface area contributed by atoms with Crippen molar-refractivity contribution in [2.45, 2.75) is 13.8 Å². The maximum atomic E-state index is 12.5. The van der Waals surface area contributed by atoms with E-state index in [0.29, 0.717) is 28.0 Å². The lowest BCUT2D eigenvalue weighted by atomic mass is 9.86. The van der Waals surface area contributed by atoms with E-state index >= 15 is 0 Å². The van der Waals surface area contributed by atoms with Crippen LogP contribution >= 0.6 is 0 Å². The molecule has 0 spiro atoms. The first-order valence-corrected chi connectivity index (χ1v) is 6.05. The molecule has 1 aromatic heterocycles. The van der Waals surface area contributed by atoms with Crippen LogP contribution in [-0.4, -0.2) is 11.6 Å². The fourth-order valence-corrected chi connectivity index (χ4v) is 2.41. The van der Waals surface area contributed by atoms with Gasteiger partial charge in [0.15, 0.2) is 11.6 Å². The Morgan fingerprint density at radius 3 is 2.26 bits per heavy atom. The zero-order valence-electron chi connectivity index (χ0n) is 10.7. The van der Waals surface area contributed by atoms with E-state index in [1.54, 1.807) is 37.3 Å². The highest BCUT2D eigenvalue weighted by atomic mass is 16.3. The first-order chi connectivity index (χ1) is 9.08. The van der Waals surface area contributed by atoms with Gasteiger partial charge in [-0.2, -0.15) is 0 Å². The van der Waals surface area contributed by atoms with Gasteiger partial charge < -0.3 is 4.42 Å². The normalized spacial score (nSPS) is 14.3. The van der Waals surface area contributed by atoms with Crippen LogP contribution < -0.4 is 0 Å². The van der Waals surface area contributed by atoms with Crippen LogP contribution in [0.2, 0.25) is 0 Å². The summed E-state index contributed by atoms with van der Waals surface area (Å²) in [7, 11) is 0. The molecule has 2 aromatic rings. The Hall–Kier alpha value is -2.42. The standard InChI is InChI=1S/C16H12O3/c1-9-7-13(10(2)19-9)14-8-15(17)11-5-3-4-6-12(11)16(14)18/h3-8H,1-2H3. The number of ketones is 2. The van der Waals surface area contributed by atoms with E-state index in [1.165, 1.54) is 6.08 Å². The molecule has 0 aliphatic heterocycles. The summed E-state index contributed by atoms with van der Waals surface area (Å²) in [5.41, 5.74) is 2.04. The summed E-state index contributed by atoms with van der Waals surface area (Å²) in [6.07, 6.45) is 1.40. The summed E-state index contributed by atoms with van der Waals surface area (Å²) in [6, 6.07) is 8.68. The predicted octanol–water partition coefficient (Wildman–Crippen LogP) is 3.36. The van der Waals surface area contributed by atoms with Crippen molar-refractivity contribution >= 4 is 17.1 Å². The largest absolute Gasteiger partial charge is 0.466 e. The van der Waals surface area contributed by atoms with Gasteiger partial charge in [0.25, 0.3) is 0 Å². The molecule has 1 aliphatic carbocycles. The third-order valence-electron chi connectivity index (χ3n) is 3.29.